The Hall–Kier alpha value is -2.11. The first-order chi connectivity index (χ1) is 10.8. The Labute approximate surface area is 130 Å². The average molecular weight is 302 g/mol. The van der Waals surface area contributed by atoms with Crippen LogP contribution >= 0.6 is 0 Å². The smallest absolute Gasteiger partial charge is 0.272 e. The average Bonchev–Trinajstić information content (AvgIpc) is 2.62. The molecule has 0 atom stereocenters. The molecule has 22 heavy (non-hydrogen) atoms. The zero-order valence-electron chi connectivity index (χ0n) is 12.8. The van der Waals surface area contributed by atoms with Crippen molar-refractivity contribution in [3.63, 3.8) is 0 Å². The minimum absolute atomic E-state index is 0.0456. The van der Waals surface area contributed by atoms with Gasteiger partial charge in [0.05, 0.1) is 11.9 Å². The second kappa shape index (κ2) is 6.77. The Morgan fingerprint density at radius 3 is 2.32 bits per heavy atom. The molecular weight excluding hydrogens is 280 g/mol. The maximum absolute atomic E-state index is 12.4. The van der Waals surface area contributed by atoms with Gasteiger partial charge in [-0.15, -0.1) is 0 Å². The van der Waals surface area contributed by atoms with E-state index in [1.807, 2.05) is 12.1 Å². The molecule has 6 nitrogen and oxygen atoms in total. The quantitative estimate of drug-likeness (QED) is 0.781. The Morgan fingerprint density at radius 1 is 1.00 bits per heavy atom. The van der Waals surface area contributed by atoms with E-state index in [0.29, 0.717) is 31.9 Å². The van der Waals surface area contributed by atoms with Gasteiger partial charge in [-0.25, -0.2) is 4.98 Å². The van der Waals surface area contributed by atoms with Crippen molar-refractivity contribution >= 4 is 18.0 Å². The van der Waals surface area contributed by atoms with Crippen molar-refractivity contribution in [3.05, 3.63) is 24.0 Å². The minimum atomic E-state index is -0.0456. The van der Waals surface area contributed by atoms with E-state index in [4.69, 9.17) is 0 Å². The first kappa shape index (κ1) is 14.8. The van der Waals surface area contributed by atoms with Crippen molar-refractivity contribution in [1.82, 2.24) is 14.8 Å². The maximum atomic E-state index is 12.4. The molecule has 0 N–H and O–H groups in total. The molecule has 1 aromatic rings. The molecule has 3 heterocycles. The topological polar surface area (TPSA) is 56.8 Å². The second-order valence-corrected chi connectivity index (χ2v) is 5.88. The van der Waals surface area contributed by atoms with Crippen LogP contribution in [0.3, 0.4) is 0 Å². The normalized spacial score (nSPS) is 19.2. The van der Waals surface area contributed by atoms with Crippen molar-refractivity contribution in [3.8, 4) is 0 Å². The molecule has 2 aliphatic heterocycles. The number of aromatic nitrogens is 1. The van der Waals surface area contributed by atoms with E-state index in [0.717, 1.165) is 25.2 Å². The molecule has 0 unspecified atom stereocenters. The van der Waals surface area contributed by atoms with Crippen LogP contribution in [0.1, 0.15) is 29.8 Å². The fourth-order valence-electron chi connectivity index (χ4n) is 3.04. The summed E-state index contributed by atoms with van der Waals surface area (Å²) in [7, 11) is 0. The van der Waals surface area contributed by atoms with Crippen molar-refractivity contribution in [2.75, 3.05) is 44.2 Å². The Morgan fingerprint density at radius 2 is 1.73 bits per heavy atom. The van der Waals surface area contributed by atoms with E-state index >= 15 is 0 Å². The van der Waals surface area contributed by atoms with E-state index in [1.54, 1.807) is 16.0 Å². The zero-order valence-corrected chi connectivity index (χ0v) is 12.8. The largest absolute Gasteiger partial charge is 0.370 e. The second-order valence-electron chi connectivity index (χ2n) is 5.88. The summed E-state index contributed by atoms with van der Waals surface area (Å²) < 4.78 is 0. The summed E-state index contributed by atoms with van der Waals surface area (Å²) >= 11 is 0. The van der Waals surface area contributed by atoms with Crippen LogP contribution in [0, 0.1) is 0 Å². The summed E-state index contributed by atoms with van der Waals surface area (Å²) in [6.07, 6.45) is 6.39. The highest BCUT2D eigenvalue weighted by Gasteiger charge is 2.22. The monoisotopic (exact) mass is 302 g/mol. The summed E-state index contributed by atoms with van der Waals surface area (Å²) in [5.41, 5.74) is 1.59. The van der Waals surface area contributed by atoms with Crippen LogP contribution in [0.25, 0.3) is 0 Å². The van der Waals surface area contributed by atoms with Crippen molar-refractivity contribution in [2.24, 2.45) is 0 Å². The van der Waals surface area contributed by atoms with Crippen LogP contribution in [-0.2, 0) is 4.79 Å². The van der Waals surface area contributed by atoms with E-state index in [2.05, 4.69) is 9.88 Å². The Balaban J connectivity index is 1.62. The molecule has 3 rings (SSSR count). The summed E-state index contributed by atoms with van der Waals surface area (Å²) in [5.74, 6) is -0.0456. The molecule has 0 aliphatic carbocycles. The van der Waals surface area contributed by atoms with Crippen molar-refractivity contribution < 1.29 is 9.59 Å². The molecule has 2 aliphatic rings. The van der Waals surface area contributed by atoms with E-state index in [1.165, 1.54) is 19.3 Å². The molecule has 0 bridgehead atoms. The predicted octanol–water partition coefficient (Wildman–Crippen LogP) is 0.986. The first-order valence-corrected chi connectivity index (χ1v) is 7.97. The van der Waals surface area contributed by atoms with Gasteiger partial charge in [-0.2, -0.15) is 0 Å². The SMILES string of the molecule is O=CN1CCN(C(=O)c2ccc(N3CCCCC3)cn2)CC1. The lowest BCUT2D eigenvalue weighted by atomic mass is 10.1. The lowest BCUT2D eigenvalue weighted by molar-refractivity contribution is -0.119. The standard InChI is InChI=1S/C16H22N4O2/c21-13-18-8-10-20(11-9-18)16(22)15-5-4-14(12-17-15)19-6-2-1-3-7-19/h4-5,12-13H,1-3,6-11H2. The zero-order chi connectivity index (χ0) is 15.4. The lowest BCUT2D eigenvalue weighted by Gasteiger charge is -2.32. The van der Waals surface area contributed by atoms with Crippen LogP contribution in [0.2, 0.25) is 0 Å². The fourth-order valence-corrected chi connectivity index (χ4v) is 3.04. The number of amides is 2. The molecule has 0 radical (unpaired) electrons. The first-order valence-electron chi connectivity index (χ1n) is 7.97. The third-order valence-corrected chi connectivity index (χ3v) is 4.44. The van der Waals surface area contributed by atoms with Gasteiger partial charge in [-0.1, -0.05) is 0 Å². The van der Waals surface area contributed by atoms with E-state index in [-0.39, 0.29) is 5.91 Å². The molecule has 6 heteroatoms. The highest BCUT2D eigenvalue weighted by molar-refractivity contribution is 5.92. The van der Waals surface area contributed by atoms with Crippen LogP contribution < -0.4 is 4.90 Å². The van der Waals surface area contributed by atoms with Crippen LogP contribution in [0.5, 0.6) is 0 Å². The Kier molecular flexibility index (Phi) is 4.56. The number of rotatable bonds is 3. The number of hydrogen-bond acceptors (Lipinski definition) is 4. The third kappa shape index (κ3) is 3.21. The Bertz CT molecular complexity index is 517. The number of piperidine rings is 1. The number of carbonyl (C=O) groups excluding carboxylic acids is 2. The molecular formula is C16H22N4O2. The summed E-state index contributed by atoms with van der Waals surface area (Å²) in [5, 5.41) is 0. The number of carbonyl (C=O) groups is 2. The van der Waals surface area contributed by atoms with Gasteiger partial charge in [-0.3, -0.25) is 9.59 Å². The third-order valence-electron chi connectivity index (χ3n) is 4.44. The molecule has 2 saturated heterocycles. The fraction of sp³-hybridized carbons (Fsp3) is 0.562. The van der Waals surface area contributed by atoms with Crippen LogP contribution in [0.15, 0.2) is 18.3 Å². The van der Waals surface area contributed by atoms with Crippen molar-refractivity contribution in [1.29, 1.82) is 0 Å². The minimum Gasteiger partial charge on any atom is -0.370 e. The van der Waals surface area contributed by atoms with Crippen LogP contribution in [-0.4, -0.2) is 66.4 Å². The van der Waals surface area contributed by atoms with Crippen LogP contribution in [0.4, 0.5) is 5.69 Å². The molecule has 0 saturated carbocycles. The number of anilines is 1. The molecule has 2 fully saturated rings. The number of hydrogen-bond donors (Lipinski definition) is 0. The summed E-state index contributed by atoms with van der Waals surface area (Å²) in [6, 6.07) is 3.81. The molecule has 1 aromatic heterocycles. The van der Waals surface area contributed by atoms with Gasteiger partial charge in [0.1, 0.15) is 5.69 Å². The van der Waals surface area contributed by atoms with Gasteiger partial charge < -0.3 is 14.7 Å². The van der Waals surface area contributed by atoms with Gasteiger partial charge in [0.2, 0.25) is 6.41 Å². The highest BCUT2D eigenvalue weighted by atomic mass is 16.2. The van der Waals surface area contributed by atoms with E-state index < -0.39 is 0 Å². The lowest BCUT2D eigenvalue weighted by Crippen LogP contribution is -2.48. The number of nitrogens with zero attached hydrogens (tertiary/aromatic N) is 4. The van der Waals surface area contributed by atoms with Gasteiger partial charge in [0.25, 0.3) is 5.91 Å². The predicted molar refractivity (Wildman–Crippen MR) is 83.8 cm³/mol. The van der Waals surface area contributed by atoms with Gasteiger partial charge in [0.15, 0.2) is 0 Å². The van der Waals surface area contributed by atoms with Gasteiger partial charge in [-0.05, 0) is 31.4 Å². The maximum Gasteiger partial charge on any atom is 0.272 e. The molecule has 2 amide bonds. The van der Waals surface area contributed by atoms with Gasteiger partial charge >= 0.3 is 0 Å². The summed E-state index contributed by atoms with van der Waals surface area (Å²) in [6.45, 7) is 4.49. The molecule has 0 aromatic carbocycles. The van der Waals surface area contributed by atoms with Crippen molar-refractivity contribution in [2.45, 2.75) is 19.3 Å². The van der Waals surface area contributed by atoms with Gasteiger partial charge in [0, 0.05) is 39.3 Å². The number of pyridine rings is 1. The summed E-state index contributed by atoms with van der Waals surface area (Å²) in [4.78, 5) is 33.3. The highest BCUT2D eigenvalue weighted by Crippen LogP contribution is 2.19. The molecule has 118 valence electrons. The number of piperazine rings is 1. The molecule has 0 spiro atoms. The van der Waals surface area contributed by atoms with E-state index in [9.17, 15) is 9.59 Å².